The fourth-order valence-electron chi connectivity index (χ4n) is 3.17. The van der Waals surface area contributed by atoms with Crippen molar-refractivity contribution in [3.8, 4) is 0 Å². The summed E-state index contributed by atoms with van der Waals surface area (Å²) in [4.78, 5) is 16.2. The van der Waals surface area contributed by atoms with E-state index >= 15 is 0 Å². The van der Waals surface area contributed by atoms with Gasteiger partial charge in [0.25, 0.3) is 0 Å². The molecule has 0 aliphatic heterocycles. The number of rotatable bonds is 6. The molecule has 0 saturated heterocycles. The normalized spacial score (nSPS) is 16.1. The van der Waals surface area contributed by atoms with Crippen LogP contribution >= 0.6 is 0 Å². The molecule has 0 bridgehead atoms. The van der Waals surface area contributed by atoms with Crippen molar-refractivity contribution in [2.24, 2.45) is 4.99 Å². The van der Waals surface area contributed by atoms with Crippen LogP contribution in [-0.4, -0.2) is 46.6 Å². The van der Waals surface area contributed by atoms with Crippen molar-refractivity contribution in [3.63, 3.8) is 0 Å². The minimum absolute atomic E-state index is 0.431. The summed E-state index contributed by atoms with van der Waals surface area (Å²) in [5.74, 6) is 0.662. The second kappa shape index (κ2) is 9.30. The molecule has 3 N–H and O–H groups in total. The van der Waals surface area contributed by atoms with E-state index in [1.54, 1.807) is 7.05 Å². The van der Waals surface area contributed by atoms with Gasteiger partial charge in [0.1, 0.15) is 5.60 Å². The van der Waals surface area contributed by atoms with Crippen LogP contribution in [0.4, 0.5) is 4.79 Å². The lowest BCUT2D eigenvalue weighted by Crippen LogP contribution is -2.54. The van der Waals surface area contributed by atoms with Gasteiger partial charge in [-0.25, -0.2) is 4.79 Å². The van der Waals surface area contributed by atoms with E-state index in [-0.39, 0.29) is 0 Å². The van der Waals surface area contributed by atoms with Gasteiger partial charge in [-0.05, 0) is 53.5 Å². The van der Waals surface area contributed by atoms with Gasteiger partial charge in [-0.15, -0.1) is 0 Å². The molecule has 158 valence electrons. The molecule has 8 heteroatoms. The highest BCUT2D eigenvalue weighted by Crippen LogP contribution is 2.28. The van der Waals surface area contributed by atoms with E-state index in [2.05, 4.69) is 36.9 Å². The molecule has 0 aromatic carbocycles. The molecular weight excluding hydrogens is 356 g/mol. The number of alkyl carbamates (subject to hydrolysis) is 1. The number of carbonyl (C=O) groups is 1. The molecule has 1 aromatic heterocycles. The molecule has 1 fully saturated rings. The van der Waals surface area contributed by atoms with E-state index in [0.29, 0.717) is 25.1 Å². The number of hydrogen-bond donors (Lipinski definition) is 3. The summed E-state index contributed by atoms with van der Waals surface area (Å²) in [5, 5.41) is 14.1. The number of guanidine groups is 1. The van der Waals surface area contributed by atoms with E-state index in [1.807, 2.05) is 40.7 Å². The highest BCUT2D eigenvalue weighted by Gasteiger charge is 2.25. The molecule has 1 aliphatic carbocycles. The Kier molecular flexibility index (Phi) is 7.32. The van der Waals surface area contributed by atoms with Crippen LogP contribution in [0.5, 0.6) is 0 Å². The topological polar surface area (TPSA) is 92.6 Å². The van der Waals surface area contributed by atoms with Gasteiger partial charge >= 0.3 is 6.09 Å². The molecule has 1 aliphatic rings. The number of nitrogens with one attached hydrogen (secondary N) is 3. The Morgan fingerprint density at radius 1 is 1.25 bits per heavy atom. The number of nitrogens with zero attached hydrogens (tertiary/aromatic N) is 3. The molecule has 1 aromatic rings. The molecule has 1 amide bonds. The second-order valence-corrected chi connectivity index (χ2v) is 9.02. The average Bonchev–Trinajstić information content (AvgIpc) is 3.23. The molecule has 0 unspecified atom stereocenters. The van der Waals surface area contributed by atoms with Gasteiger partial charge < -0.3 is 20.7 Å². The van der Waals surface area contributed by atoms with E-state index < -0.39 is 17.2 Å². The molecule has 0 spiro atoms. The second-order valence-electron chi connectivity index (χ2n) is 9.02. The summed E-state index contributed by atoms with van der Waals surface area (Å²) in [6, 6.07) is 2.60. The lowest BCUT2D eigenvalue weighted by molar-refractivity contribution is 0.0474. The van der Waals surface area contributed by atoms with Crippen molar-refractivity contribution in [2.45, 2.75) is 84.0 Å². The summed E-state index contributed by atoms with van der Waals surface area (Å²) in [6.45, 7) is 10.5. The Bertz CT molecular complexity index is 668. The largest absolute Gasteiger partial charge is 0.444 e. The maximum Gasteiger partial charge on any atom is 0.408 e. The first kappa shape index (κ1) is 22.0. The first-order valence-corrected chi connectivity index (χ1v) is 10.1. The zero-order chi connectivity index (χ0) is 20.8. The SMILES string of the molecule is CN=C(NCc1ccn(C2CCCC2)n1)NCC(C)(C)NC(=O)OC(C)(C)C. The highest BCUT2D eigenvalue weighted by atomic mass is 16.6. The molecule has 0 radical (unpaired) electrons. The lowest BCUT2D eigenvalue weighted by atomic mass is 10.1. The van der Waals surface area contributed by atoms with Crippen molar-refractivity contribution >= 4 is 12.1 Å². The third kappa shape index (κ3) is 7.40. The fourth-order valence-corrected chi connectivity index (χ4v) is 3.17. The molecule has 1 heterocycles. The summed E-state index contributed by atoms with van der Waals surface area (Å²) in [6.07, 6.45) is 6.66. The molecule has 28 heavy (non-hydrogen) atoms. The maximum absolute atomic E-state index is 12.0. The van der Waals surface area contributed by atoms with Gasteiger partial charge in [-0.2, -0.15) is 5.10 Å². The summed E-state index contributed by atoms with van der Waals surface area (Å²) < 4.78 is 7.41. The van der Waals surface area contributed by atoms with Crippen LogP contribution in [0.25, 0.3) is 0 Å². The maximum atomic E-state index is 12.0. The minimum atomic E-state index is -0.521. The van der Waals surface area contributed by atoms with Crippen LogP contribution in [-0.2, 0) is 11.3 Å². The zero-order valence-electron chi connectivity index (χ0n) is 18.1. The van der Waals surface area contributed by atoms with Gasteiger partial charge in [-0.3, -0.25) is 9.67 Å². The Morgan fingerprint density at radius 2 is 1.93 bits per heavy atom. The van der Waals surface area contributed by atoms with E-state index in [9.17, 15) is 4.79 Å². The van der Waals surface area contributed by atoms with Crippen LogP contribution in [0, 0.1) is 0 Å². The van der Waals surface area contributed by atoms with Crippen molar-refractivity contribution in [1.82, 2.24) is 25.7 Å². The quantitative estimate of drug-likeness (QED) is 0.511. The third-order valence-corrected chi connectivity index (χ3v) is 4.56. The Morgan fingerprint density at radius 3 is 2.54 bits per heavy atom. The van der Waals surface area contributed by atoms with Gasteiger partial charge in [0.2, 0.25) is 0 Å². The number of amides is 1. The van der Waals surface area contributed by atoms with E-state index in [0.717, 1.165) is 5.69 Å². The number of aliphatic imine (C=N–C) groups is 1. The Balaban J connectivity index is 1.78. The molecule has 0 atom stereocenters. The van der Waals surface area contributed by atoms with Gasteiger partial charge in [0, 0.05) is 19.8 Å². The standard InChI is InChI=1S/C20H36N6O2/c1-19(2,3)28-18(27)24-20(4,5)14-23-17(21-6)22-13-15-11-12-26(25-15)16-9-7-8-10-16/h11-12,16H,7-10,13-14H2,1-6H3,(H,24,27)(H2,21,22,23). The smallest absolute Gasteiger partial charge is 0.408 e. The Labute approximate surface area is 168 Å². The predicted molar refractivity (Wildman–Crippen MR) is 111 cm³/mol. The van der Waals surface area contributed by atoms with Gasteiger partial charge in [-0.1, -0.05) is 12.8 Å². The van der Waals surface area contributed by atoms with Gasteiger partial charge in [0.05, 0.1) is 23.8 Å². The summed E-state index contributed by atoms with van der Waals surface area (Å²) in [5.41, 5.74) is -0.0297. The minimum Gasteiger partial charge on any atom is -0.444 e. The Hall–Kier alpha value is -2.25. The molecule has 8 nitrogen and oxygen atoms in total. The van der Waals surface area contributed by atoms with E-state index in [1.165, 1.54) is 25.7 Å². The number of hydrogen-bond acceptors (Lipinski definition) is 4. The van der Waals surface area contributed by atoms with E-state index in [4.69, 9.17) is 4.74 Å². The average molecular weight is 393 g/mol. The van der Waals surface area contributed by atoms with Crippen LogP contribution in [0.15, 0.2) is 17.3 Å². The van der Waals surface area contributed by atoms with Crippen LogP contribution in [0.3, 0.4) is 0 Å². The van der Waals surface area contributed by atoms with Gasteiger partial charge in [0.15, 0.2) is 5.96 Å². The lowest BCUT2D eigenvalue weighted by Gasteiger charge is -2.29. The number of aromatic nitrogens is 2. The number of ether oxygens (including phenoxy) is 1. The number of carbonyl (C=O) groups excluding carboxylic acids is 1. The van der Waals surface area contributed by atoms with Crippen molar-refractivity contribution in [1.29, 1.82) is 0 Å². The molecule has 2 rings (SSSR count). The van der Waals surface area contributed by atoms with Crippen LogP contribution < -0.4 is 16.0 Å². The monoisotopic (exact) mass is 392 g/mol. The fraction of sp³-hybridized carbons (Fsp3) is 0.750. The first-order chi connectivity index (χ1) is 13.1. The van der Waals surface area contributed by atoms with Crippen molar-refractivity contribution < 1.29 is 9.53 Å². The highest BCUT2D eigenvalue weighted by molar-refractivity contribution is 5.79. The van der Waals surface area contributed by atoms with Crippen LogP contribution in [0.1, 0.15) is 72.0 Å². The summed E-state index contributed by atoms with van der Waals surface area (Å²) >= 11 is 0. The summed E-state index contributed by atoms with van der Waals surface area (Å²) in [7, 11) is 1.72. The molecular formula is C20H36N6O2. The predicted octanol–water partition coefficient (Wildman–Crippen LogP) is 2.97. The van der Waals surface area contributed by atoms with Crippen molar-refractivity contribution in [3.05, 3.63) is 18.0 Å². The molecule has 1 saturated carbocycles. The zero-order valence-corrected chi connectivity index (χ0v) is 18.1. The first-order valence-electron chi connectivity index (χ1n) is 10.1. The van der Waals surface area contributed by atoms with Crippen LogP contribution in [0.2, 0.25) is 0 Å². The third-order valence-electron chi connectivity index (χ3n) is 4.56. The van der Waals surface area contributed by atoms with Crippen molar-refractivity contribution in [2.75, 3.05) is 13.6 Å².